The first-order chi connectivity index (χ1) is 12.5. The third-order valence-corrected chi connectivity index (χ3v) is 3.70. The van der Waals surface area contributed by atoms with Gasteiger partial charge in [0.15, 0.2) is 6.61 Å². The lowest BCUT2D eigenvalue weighted by Gasteiger charge is -2.16. The molecular weight excluding hydrogens is 334 g/mol. The number of ether oxygens (including phenoxy) is 3. The quantitative estimate of drug-likeness (QED) is 0.564. The Kier molecular flexibility index (Phi) is 6.79. The van der Waals surface area contributed by atoms with Gasteiger partial charge in [-0.2, -0.15) is 0 Å². The van der Waals surface area contributed by atoms with Gasteiger partial charge < -0.3 is 19.1 Å². The van der Waals surface area contributed by atoms with Gasteiger partial charge in [0.2, 0.25) is 0 Å². The summed E-state index contributed by atoms with van der Waals surface area (Å²) in [7, 11) is 4.72. The number of anilines is 1. The normalized spacial score (nSPS) is 10.4. The first kappa shape index (κ1) is 19.1. The summed E-state index contributed by atoms with van der Waals surface area (Å²) >= 11 is 0. The number of carbonyl (C=O) groups excluding carboxylic acids is 2. The maximum absolute atomic E-state index is 12.1. The molecular formula is C20H21NO5. The Morgan fingerprint density at radius 2 is 1.77 bits per heavy atom. The Balaban J connectivity index is 1.92. The zero-order chi connectivity index (χ0) is 18.9. The summed E-state index contributed by atoms with van der Waals surface area (Å²) in [6.45, 7) is -0.339. The Labute approximate surface area is 152 Å². The lowest BCUT2D eigenvalue weighted by molar-refractivity contribution is -0.142. The molecule has 0 aromatic heterocycles. The molecule has 0 aliphatic carbocycles. The van der Waals surface area contributed by atoms with Gasteiger partial charge in [-0.25, -0.2) is 4.79 Å². The van der Waals surface area contributed by atoms with Gasteiger partial charge in [0.05, 0.1) is 14.2 Å². The SMILES string of the molecule is COc1ccc(C=CC(=O)OCC(=O)N(C)c2ccccc2)c(OC)c1. The van der Waals surface area contributed by atoms with Crippen molar-refractivity contribution in [3.8, 4) is 11.5 Å². The van der Waals surface area contributed by atoms with Gasteiger partial charge in [0.25, 0.3) is 5.91 Å². The number of rotatable bonds is 7. The summed E-state index contributed by atoms with van der Waals surface area (Å²) in [4.78, 5) is 25.4. The zero-order valence-electron chi connectivity index (χ0n) is 15.0. The minimum atomic E-state index is -0.613. The van der Waals surface area contributed by atoms with E-state index in [1.165, 1.54) is 18.1 Å². The molecule has 0 saturated carbocycles. The van der Waals surface area contributed by atoms with Crippen LogP contribution in [-0.4, -0.2) is 39.8 Å². The number of nitrogens with zero attached hydrogens (tertiary/aromatic N) is 1. The van der Waals surface area contributed by atoms with E-state index >= 15 is 0 Å². The number of amides is 1. The fraction of sp³-hybridized carbons (Fsp3) is 0.200. The number of esters is 1. The molecule has 1 amide bonds. The van der Waals surface area contributed by atoms with E-state index in [2.05, 4.69) is 0 Å². The van der Waals surface area contributed by atoms with E-state index in [0.29, 0.717) is 17.1 Å². The molecule has 0 aliphatic rings. The summed E-state index contributed by atoms with van der Waals surface area (Å²) in [5, 5.41) is 0. The molecule has 0 spiro atoms. The molecule has 2 rings (SSSR count). The van der Waals surface area contributed by atoms with Crippen molar-refractivity contribution in [2.75, 3.05) is 32.8 Å². The molecule has 0 bridgehead atoms. The van der Waals surface area contributed by atoms with Gasteiger partial charge in [-0.05, 0) is 30.3 Å². The van der Waals surface area contributed by atoms with E-state index in [-0.39, 0.29) is 12.5 Å². The number of methoxy groups -OCH3 is 2. The lowest BCUT2D eigenvalue weighted by Crippen LogP contribution is -2.30. The maximum atomic E-state index is 12.1. The number of likely N-dealkylation sites (N-methyl/N-ethyl adjacent to an activating group) is 1. The highest BCUT2D eigenvalue weighted by Gasteiger charge is 2.12. The van der Waals surface area contributed by atoms with Crippen LogP contribution in [0.4, 0.5) is 5.69 Å². The Hall–Kier alpha value is -3.28. The third kappa shape index (κ3) is 5.11. The Morgan fingerprint density at radius 3 is 2.42 bits per heavy atom. The van der Waals surface area contributed by atoms with Crippen LogP contribution in [0.3, 0.4) is 0 Å². The van der Waals surface area contributed by atoms with Gasteiger partial charge in [-0.3, -0.25) is 4.79 Å². The molecule has 0 N–H and O–H groups in total. The molecule has 0 aliphatic heterocycles. The molecule has 6 heteroatoms. The van der Waals surface area contributed by atoms with Gasteiger partial charge >= 0.3 is 5.97 Å². The smallest absolute Gasteiger partial charge is 0.331 e. The fourth-order valence-corrected chi connectivity index (χ4v) is 2.19. The van der Waals surface area contributed by atoms with Crippen LogP contribution in [0.25, 0.3) is 6.08 Å². The first-order valence-corrected chi connectivity index (χ1v) is 7.93. The predicted molar refractivity (Wildman–Crippen MR) is 99.4 cm³/mol. The summed E-state index contributed by atoms with van der Waals surface area (Å²) in [5.74, 6) is 0.280. The first-order valence-electron chi connectivity index (χ1n) is 7.93. The Bertz CT molecular complexity index is 786. The maximum Gasteiger partial charge on any atom is 0.331 e. The van der Waals surface area contributed by atoms with Gasteiger partial charge in [-0.1, -0.05) is 18.2 Å². The van der Waals surface area contributed by atoms with Crippen molar-refractivity contribution in [3.63, 3.8) is 0 Å². The minimum absolute atomic E-state index is 0.319. The molecule has 0 fully saturated rings. The van der Waals surface area contributed by atoms with Crippen molar-refractivity contribution in [1.29, 1.82) is 0 Å². The summed E-state index contributed by atoms with van der Waals surface area (Å²) in [6, 6.07) is 14.3. The van der Waals surface area contributed by atoms with Crippen LogP contribution < -0.4 is 14.4 Å². The van der Waals surface area contributed by atoms with E-state index < -0.39 is 5.97 Å². The average molecular weight is 355 g/mol. The molecule has 6 nitrogen and oxygen atoms in total. The van der Waals surface area contributed by atoms with Crippen molar-refractivity contribution in [3.05, 3.63) is 60.2 Å². The third-order valence-electron chi connectivity index (χ3n) is 3.70. The molecule has 2 aromatic rings. The van der Waals surface area contributed by atoms with E-state index in [9.17, 15) is 9.59 Å². The van der Waals surface area contributed by atoms with Crippen LogP contribution in [0.5, 0.6) is 11.5 Å². The van der Waals surface area contributed by atoms with Crippen molar-refractivity contribution in [2.45, 2.75) is 0 Å². The van der Waals surface area contributed by atoms with E-state index in [1.54, 1.807) is 50.6 Å². The highest BCUT2D eigenvalue weighted by molar-refractivity contribution is 5.96. The molecule has 0 radical (unpaired) electrons. The van der Waals surface area contributed by atoms with E-state index in [0.717, 1.165) is 5.69 Å². The Morgan fingerprint density at radius 1 is 1.04 bits per heavy atom. The van der Waals surface area contributed by atoms with Gasteiger partial charge in [0.1, 0.15) is 11.5 Å². The number of carbonyl (C=O) groups is 2. The highest BCUT2D eigenvalue weighted by Crippen LogP contribution is 2.25. The second kappa shape index (κ2) is 9.27. The molecule has 0 unspecified atom stereocenters. The molecule has 0 heterocycles. The topological polar surface area (TPSA) is 65.1 Å². The summed E-state index contributed by atoms with van der Waals surface area (Å²) in [5.41, 5.74) is 1.42. The lowest BCUT2D eigenvalue weighted by atomic mass is 10.2. The molecule has 0 saturated heterocycles. The number of hydrogen-bond donors (Lipinski definition) is 0. The van der Waals surface area contributed by atoms with Crippen LogP contribution in [-0.2, 0) is 14.3 Å². The average Bonchev–Trinajstić information content (AvgIpc) is 2.70. The number of benzene rings is 2. The fourth-order valence-electron chi connectivity index (χ4n) is 2.19. The highest BCUT2D eigenvalue weighted by atomic mass is 16.5. The second-order valence-corrected chi connectivity index (χ2v) is 5.34. The monoisotopic (exact) mass is 355 g/mol. The van der Waals surface area contributed by atoms with Gasteiger partial charge in [0, 0.05) is 30.4 Å². The second-order valence-electron chi connectivity index (χ2n) is 5.34. The van der Waals surface area contributed by atoms with E-state index in [4.69, 9.17) is 14.2 Å². The van der Waals surface area contributed by atoms with Crippen LogP contribution in [0.1, 0.15) is 5.56 Å². The molecule has 136 valence electrons. The van der Waals surface area contributed by atoms with Crippen LogP contribution in [0.15, 0.2) is 54.6 Å². The minimum Gasteiger partial charge on any atom is -0.497 e. The van der Waals surface area contributed by atoms with Gasteiger partial charge in [-0.15, -0.1) is 0 Å². The van der Waals surface area contributed by atoms with Crippen molar-refractivity contribution >= 4 is 23.6 Å². The number of hydrogen-bond acceptors (Lipinski definition) is 5. The van der Waals surface area contributed by atoms with Crippen LogP contribution in [0, 0.1) is 0 Å². The molecule has 26 heavy (non-hydrogen) atoms. The van der Waals surface area contributed by atoms with Crippen molar-refractivity contribution < 1.29 is 23.8 Å². The van der Waals surface area contributed by atoms with Crippen LogP contribution >= 0.6 is 0 Å². The van der Waals surface area contributed by atoms with Crippen molar-refractivity contribution in [2.24, 2.45) is 0 Å². The van der Waals surface area contributed by atoms with E-state index in [1.807, 2.05) is 18.2 Å². The summed E-state index contributed by atoms with van der Waals surface area (Å²) < 4.78 is 15.4. The zero-order valence-corrected chi connectivity index (χ0v) is 15.0. The largest absolute Gasteiger partial charge is 0.497 e. The molecule has 0 atom stereocenters. The molecule has 2 aromatic carbocycles. The standard InChI is InChI=1S/C20H21NO5/c1-21(16-7-5-4-6-8-16)19(22)14-26-20(23)12-10-15-9-11-17(24-2)13-18(15)25-3/h4-13H,14H2,1-3H3. The summed E-state index contributed by atoms with van der Waals surface area (Å²) in [6.07, 6.45) is 2.81. The van der Waals surface area contributed by atoms with Crippen molar-refractivity contribution in [1.82, 2.24) is 0 Å². The van der Waals surface area contributed by atoms with Crippen LogP contribution in [0.2, 0.25) is 0 Å². The number of para-hydroxylation sites is 1. The predicted octanol–water partition coefficient (Wildman–Crippen LogP) is 2.92.